The summed E-state index contributed by atoms with van der Waals surface area (Å²) in [4.78, 5) is 2.56. The Morgan fingerprint density at radius 3 is 2.21 bits per heavy atom. The summed E-state index contributed by atoms with van der Waals surface area (Å²) in [5.74, 6) is 2.30. The summed E-state index contributed by atoms with van der Waals surface area (Å²) in [6, 6.07) is 12.8. The van der Waals surface area contributed by atoms with Gasteiger partial charge in [-0.2, -0.15) is 0 Å². The summed E-state index contributed by atoms with van der Waals surface area (Å²) < 4.78 is 16.3. The van der Waals surface area contributed by atoms with Crippen LogP contribution in [0.5, 0.6) is 23.0 Å². The normalized spacial score (nSPS) is 9.84. The minimum absolute atomic E-state index is 0.536. The number of nitrogens with one attached hydrogen (secondary N) is 1. The molecule has 0 atom stereocenters. The molecule has 0 aliphatic carbocycles. The molecule has 19 heavy (non-hydrogen) atoms. The van der Waals surface area contributed by atoms with E-state index < -0.39 is 0 Å². The largest absolute Gasteiger partial charge is 0.493 e. The number of rotatable bonds is 5. The molecular weight excluding hydrogens is 266 g/mol. The van der Waals surface area contributed by atoms with Crippen LogP contribution in [0, 0.1) is 0 Å². The maximum atomic E-state index is 5.81. The highest BCUT2D eigenvalue weighted by Crippen LogP contribution is 2.40. The van der Waals surface area contributed by atoms with Crippen molar-refractivity contribution in [3.63, 3.8) is 0 Å². The Morgan fingerprint density at radius 2 is 1.53 bits per heavy atom. The lowest BCUT2D eigenvalue weighted by atomic mass is 10.2. The van der Waals surface area contributed by atoms with Crippen molar-refractivity contribution in [3.8, 4) is 23.0 Å². The molecule has 0 amide bonds. The fraction of sp³-hybridized carbons (Fsp3) is 0.143. The molecule has 2 aromatic rings. The van der Waals surface area contributed by atoms with E-state index in [1.807, 2.05) is 30.3 Å². The number of hydrogen-bond donors (Lipinski definition) is 1. The average Bonchev–Trinajstić information content (AvgIpc) is 2.47. The maximum Gasteiger partial charge on any atom is 0.203 e. The molecule has 0 saturated heterocycles. The van der Waals surface area contributed by atoms with Crippen LogP contribution in [0.2, 0.25) is 0 Å². The molecule has 0 aliphatic heterocycles. The maximum absolute atomic E-state index is 5.81. The molecule has 0 heterocycles. The quantitative estimate of drug-likeness (QED) is 0.838. The second-order valence-electron chi connectivity index (χ2n) is 3.68. The second kappa shape index (κ2) is 6.20. The first-order valence-corrected chi connectivity index (χ1v) is 6.02. The van der Waals surface area contributed by atoms with Crippen molar-refractivity contribution in [2.75, 3.05) is 19.1 Å². The lowest BCUT2D eigenvalue weighted by Gasteiger charge is -2.14. The number of methoxy groups -OCH3 is 2. The Bertz CT molecular complexity index is 560. The first-order valence-electron chi connectivity index (χ1n) is 5.64. The third kappa shape index (κ3) is 2.85. The van der Waals surface area contributed by atoms with Crippen LogP contribution in [0.1, 0.15) is 0 Å². The van der Waals surface area contributed by atoms with Gasteiger partial charge in [-0.05, 0) is 24.3 Å². The van der Waals surface area contributed by atoms with E-state index in [1.165, 1.54) is 0 Å². The van der Waals surface area contributed by atoms with E-state index in [9.17, 15) is 0 Å². The Labute approximate surface area is 117 Å². The predicted octanol–water partition coefficient (Wildman–Crippen LogP) is 4.06. The van der Waals surface area contributed by atoms with Crippen molar-refractivity contribution in [1.29, 1.82) is 0 Å². The topological polar surface area (TPSA) is 39.7 Å². The van der Waals surface area contributed by atoms with E-state index in [0.717, 1.165) is 0 Å². The Balaban J connectivity index is 2.38. The summed E-state index contributed by atoms with van der Waals surface area (Å²) in [5, 5.41) is 0. The average molecular weight is 280 g/mol. The van der Waals surface area contributed by atoms with Crippen LogP contribution in [0.15, 0.2) is 42.5 Å². The molecule has 0 bridgehead atoms. The fourth-order valence-electron chi connectivity index (χ4n) is 1.69. The van der Waals surface area contributed by atoms with Gasteiger partial charge in [-0.3, -0.25) is 4.84 Å². The van der Waals surface area contributed by atoms with Gasteiger partial charge in [0, 0.05) is 11.8 Å². The predicted molar refractivity (Wildman–Crippen MR) is 75.5 cm³/mol. The van der Waals surface area contributed by atoms with Gasteiger partial charge in [0.1, 0.15) is 0 Å². The molecule has 100 valence electrons. The van der Waals surface area contributed by atoms with Gasteiger partial charge in [0.2, 0.25) is 5.75 Å². The molecule has 0 aliphatic rings. The van der Waals surface area contributed by atoms with Crippen molar-refractivity contribution >= 4 is 17.5 Å². The second-order valence-corrected chi connectivity index (χ2v) is 3.87. The number of halogens is 1. The van der Waals surface area contributed by atoms with Gasteiger partial charge in [0.25, 0.3) is 0 Å². The lowest BCUT2D eigenvalue weighted by molar-refractivity contribution is 0.336. The molecule has 2 rings (SSSR count). The highest BCUT2D eigenvalue weighted by atomic mass is 35.5. The van der Waals surface area contributed by atoms with E-state index in [2.05, 4.69) is 4.84 Å². The smallest absolute Gasteiger partial charge is 0.203 e. The fourth-order valence-corrected chi connectivity index (χ4v) is 1.85. The number of para-hydroxylation sites is 3. The van der Waals surface area contributed by atoms with Crippen LogP contribution < -0.4 is 19.0 Å². The number of hydrogen-bond acceptors (Lipinski definition) is 4. The molecule has 5 heteroatoms. The summed E-state index contributed by atoms with van der Waals surface area (Å²) in [6.07, 6.45) is 0. The van der Waals surface area contributed by atoms with Gasteiger partial charge in [0.15, 0.2) is 17.2 Å². The minimum atomic E-state index is 0.536. The summed E-state index contributed by atoms with van der Waals surface area (Å²) in [6.45, 7) is 0. The minimum Gasteiger partial charge on any atom is -0.493 e. The van der Waals surface area contributed by atoms with Gasteiger partial charge < -0.3 is 14.2 Å². The molecule has 0 fully saturated rings. The molecule has 1 N–H and O–H groups in total. The van der Waals surface area contributed by atoms with Gasteiger partial charge in [-0.25, -0.2) is 0 Å². The van der Waals surface area contributed by atoms with Crippen molar-refractivity contribution in [3.05, 3.63) is 42.5 Å². The van der Waals surface area contributed by atoms with Gasteiger partial charge in [-0.15, -0.1) is 0 Å². The van der Waals surface area contributed by atoms with E-state index >= 15 is 0 Å². The standard InChI is InChI=1S/C14H14ClNO3/c1-17-12-8-5-9-13(14(12)18-2)19-11-7-4-3-6-10(11)16-15/h3-9,16H,1-2H3. The molecule has 0 unspecified atom stereocenters. The Kier molecular flexibility index (Phi) is 4.36. The van der Waals surface area contributed by atoms with E-state index in [-0.39, 0.29) is 0 Å². The summed E-state index contributed by atoms with van der Waals surface area (Å²) in [5.41, 5.74) is 0.675. The van der Waals surface area contributed by atoms with Crippen LogP contribution in [0.3, 0.4) is 0 Å². The Hall–Kier alpha value is -2.07. The third-order valence-corrected chi connectivity index (χ3v) is 2.78. The van der Waals surface area contributed by atoms with Crippen LogP contribution in [-0.4, -0.2) is 14.2 Å². The van der Waals surface area contributed by atoms with Gasteiger partial charge >= 0.3 is 0 Å². The zero-order chi connectivity index (χ0) is 13.7. The SMILES string of the molecule is COc1cccc(Oc2ccccc2NCl)c1OC. The molecule has 2 aromatic carbocycles. The number of anilines is 1. The molecular formula is C14H14ClNO3. The van der Waals surface area contributed by atoms with Gasteiger partial charge in [0.05, 0.1) is 19.9 Å². The monoisotopic (exact) mass is 279 g/mol. The summed E-state index contributed by atoms with van der Waals surface area (Å²) >= 11 is 5.64. The zero-order valence-corrected chi connectivity index (χ0v) is 11.4. The van der Waals surface area contributed by atoms with Gasteiger partial charge in [-0.1, -0.05) is 18.2 Å². The highest BCUT2D eigenvalue weighted by molar-refractivity contribution is 6.24. The number of ether oxygens (including phenoxy) is 3. The molecule has 0 aromatic heterocycles. The van der Waals surface area contributed by atoms with Crippen LogP contribution in [0.4, 0.5) is 5.69 Å². The van der Waals surface area contributed by atoms with Crippen LogP contribution >= 0.6 is 11.8 Å². The molecule has 4 nitrogen and oxygen atoms in total. The molecule has 0 saturated carbocycles. The molecule has 0 spiro atoms. The van der Waals surface area contributed by atoms with Crippen LogP contribution in [-0.2, 0) is 0 Å². The van der Waals surface area contributed by atoms with E-state index in [1.54, 1.807) is 26.4 Å². The third-order valence-electron chi connectivity index (χ3n) is 2.58. The van der Waals surface area contributed by atoms with E-state index in [4.69, 9.17) is 26.0 Å². The Morgan fingerprint density at radius 1 is 0.842 bits per heavy atom. The van der Waals surface area contributed by atoms with E-state index in [0.29, 0.717) is 28.7 Å². The van der Waals surface area contributed by atoms with Crippen molar-refractivity contribution in [2.45, 2.75) is 0 Å². The highest BCUT2D eigenvalue weighted by Gasteiger charge is 2.12. The van der Waals surface area contributed by atoms with Crippen LogP contribution in [0.25, 0.3) is 0 Å². The number of benzene rings is 2. The zero-order valence-electron chi connectivity index (χ0n) is 10.6. The van der Waals surface area contributed by atoms with Crippen molar-refractivity contribution < 1.29 is 14.2 Å². The summed E-state index contributed by atoms with van der Waals surface area (Å²) in [7, 11) is 3.15. The lowest BCUT2D eigenvalue weighted by Crippen LogP contribution is -1.95. The van der Waals surface area contributed by atoms with Crippen molar-refractivity contribution in [1.82, 2.24) is 0 Å². The molecule has 0 radical (unpaired) electrons. The first kappa shape index (κ1) is 13.4. The first-order chi connectivity index (χ1) is 9.30. The van der Waals surface area contributed by atoms with Crippen molar-refractivity contribution in [2.24, 2.45) is 0 Å².